The molecule has 0 saturated carbocycles. The third kappa shape index (κ3) is 2.43. The predicted octanol–water partition coefficient (Wildman–Crippen LogP) is 1.36. The van der Waals surface area contributed by atoms with Gasteiger partial charge in [0, 0.05) is 13.1 Å². The molecule has 1 fully saturated rings. The number of morpholine rings is 1. The van der Waals surface area contributed by atoms with Crippen molar-refractivity contribution in [2.45, 2.75) is 19.1 Å². The minimum atomic E-state index is -0.524. The van der Waals surface area contributed by atoms with Crippen molar-refractivity contribution in [2.24, 2.45) is 0 Å². The first-order valence-corrected chi connectivity index (χ1v) is 5.72. The van der Waals surface area contributed by atoms with Crippen LogP contribution in [0.2, 0.25) is 0 Å². The third-order valence-electron chi connectivity index (χ3n) is 3.16. The molecule has 2 rings (SSSR count). The molecular formula is C13H19NO2. The van der Waals surface area contributed by atoms with Gasteiger partial charge in [0.2, 0.25) is 0 Å². The Morgan fingerprint density at radius 2 is 2.19 bits per heavy atom. The fourth-order valence-corrected chi connectivity index (χ4v) is 2.12. The van der Waals surface area contributed by atoms with Crippen LogP contribution >= 0.6 is 0 Å². The second kappa shape index (κ2) is 4.95. The highest BCUT2D eigenvalue weighted by Crippen LogP contribution is 2.24. The number of likely N-dealkylation sites (N-methyl/N-ethyl adjacent to an activating group) is 1. The number of hydrogen-bond acceptors (Lipinski definition) is 3. The lowest BCUT2D eigenvalue weighted by atomic mass is 9.99. The lowest BCUT2D eigenvalue weighted by Crippen LogP contribution is -2.43. The first-order valence-electron chi connectivity index (χ1n) is 5.72. The van der Waals surface area contributed by atoms with Crippen molar-refractivity contribution in [2.75, 3.05) is 26.7 Å². The van der Waals surface area contributed by atoms with Crippen LogP contribution in [0, 0.1) is 6.92 Å². The van der Waals surface area contributed by atoms with E-state index >= 15 is 0 Å². The molecule has 1 heterocycles. The summed E-state index contributed by atoms with van der Waals surface area (Å²) in [6.07, 6.45) is -0.635. The number of aliphatic hydroxyl groups is 1. The van der Waals surface area contributed by atoms with Gasteiger partial charge in [-0.2, -0.15) is 0 Å². The second-order valence-corrected chi connectivity index (χ2v) is 4.47. The smallest absolute Gasteiger partial charge is 0.107 e. The monoisotopic (exact) mass is 221 g/mol. The van der Waals surface area contributed by atoms with Gasteiger partial charge in [0.05, 0.1) is 6.61 Å². The van der Waals surface area contributed by atoms with Gasteiger partial charge in [0.15, 0.2) is 0 Å². The normalized spacial score (nSPS) is 24.3. The summed E-state index contributed by atoms with van der Waals surface area (Å²) in [6, 6.07) is 7.93. The molecule has 0 aliphatic carbocycles. The molecule has 3 heteroatoms. The summed E-state index contributed by atoms with van der Waals surface area (Å²) in [7, 11) is 2.06. The molecule has 0 aromatic heterocycles. The van der Waals surface area contributed by atoms with Crippen LogP contribution < -0.4 is 0 Å². The summed E-state index contributed by atoms with van der Waals surface area (Å²) < 4.78 is 5.63. The van der Waals surface area contributed by atoms with E-state index in [-0.39, 0.29) is 6.10 Å². The molecule has 1 aliphatic rings. The molecule has 2 atom stereocenters. The van der Waals surface area contributed by atoms with E-state index in [0.29, 0.717) is 6.61 Å². The van der Waals surface area contributed by atoms with E-state index in [1.807, 2.05) is 31.2 Å². The Labute approximate surface area is 96.6 Å². The summed E-state index contributed by atoms with van der Waals surface area (Å²) in [4.78, 5) is 2.19. The van der Waals surface area contributed by atoms with Gasteiger partial charge in [0.25, 0.3) is 0 Å². The van der Waals surface area contributed by atoms with Gasteiger partial charge in [-0.3, -0.25) is 0 Å². The van der Waals surface area contributed by atoms with Crippen molar-refractivity contribution in [3.8, 4) is 0 Å². The Bertz CT molecular complexity index is 354. The van der Waals surface area contributed by atoms with E-state index in [1.165, 1.54) is 0 Å². The summed E-state index contributed by atoms with van der Waals surface area (Å²) in [5.74, 6) is 0. The average Bonchev–Trinajstić information content (AvgIpc) is 2.29. The fourth-order valence-electron chi connectivity index (χ4n) is 2.12. The second-order valence-electron chi connectivity index (χ2n) is 4.47. The molecule has 1 aromatic rings. The minimum Gasteiger partial charge on any atom is -0.386 e. The lowest BCUT2D eigenvalue weighted by Gasteiger charge is -2.33. The summed E-state index contributed by atoms with van der Waals surface area (Å²) in [5, 5.41) is 10.3. The van der Waals surface area contributed by atoms with Gasteiger partial charge in [-0.1, -0.05) is 24.3 Å². The van der Waals surface area contributed by atoms with Crippen molar-refractivity contribution >= 4 is 0 Å². The zero-order valence-corrected chi connectivity index (χ0v) is 9.89. The van der Waals surface area contributed by atoms with E-state index in [1.54, 1.807) is 0 Å². The number of rotatable bonds is 2. The number of aliphatic hydroxyl groups excluding tert-OH is 1. The van der Waals surface area contributed by atoms with Crippen molar-refractivity contribution in [3.05, 3.63) is 35.4 Å². The summed E-state index contributed by atoms with van der Waals surface area (Å²) >= 11 is 0. The molecule has 0 radical (unpaired) electrons. The highest BCUT2D eigenvalue weighted by Gasteiger charge is 2.26. The molecule has 1 aliphatic heterocycles. The molecule has 1 saturated heterocycles. The zero-order chi connectivity index (χ0) is 11.5. The Kier molecular flexibility index (Phi) is 3.59. The Balaban J connectivity index is 2.12. The molecule has 0 bridgehead atoms. The molecule has 2 unspecified atom stereocenters. The van der Waals surface area contributed by atoms with Gasteiger partial charge < -0.3 is 14.7 Å². The van der Waals surface area contributed by atoms with Crippen molar-refractivity contribution in [1.82, 2.24) is 4.90 Å². The molecule has 0 spiro atoms. The van der Waals surface area contributed by atoms with Gasteiger partial charge in [0.1, 0.15) is 12.2 Å². The summed E-state index contributed by atoms with van der Waals surface area (Å²) in [5.41, 5.74) is 2.09. The molecule has 16 heavy (non-hydrogen) atoms. The van der Waals surface area contributed by atoms with Gasteiger partial charge in [-0.15, -0.1) is 0 Å². The van der Waals surface area contributed by atoms with Gasteiger partial charge in [-0.05, 0) is 25.1 Å². The maximum absolute atomic E-state index is 10.3. The molecule has 1 aromatic carbocycles. The zero-order valence-electron chi connectivity index (χ0n) is 9.89. The van der Waals surface area contributed by atoms with Crippen LogP contribution in [0.5, 0.6) is 0 Å². The van der Waals surface area contributed by atoms with Crippen LogP contribution in [-0.2, 0) is 4.74 Å². The number of hydrogen-bond donors (Lipinski definition) is 1. The molecular weight excluding hydrogens is 202 g/mol. The molecule has 1 N–H and O–H groups in total. The SMILES string of the molecule is Cc1ccccc1C(O)C1CN(C)CCO1. The Hall–Kier alpha value is -0.900. The Morgan fingerprint density at radius 3 is 2.88 bits per heavy atom. The predicted molar refractivity (Wildman–Crippen MR) is 63.4 cm³/mol. The molecule has 88 valence electrons. The summed E-state index contributed by atoms with van der Waals surface area (Å²) in [6.45, 7) is 4.45. The molecule has 3 nitrogen and oxygen atoms in total. The number of benzene rings is 1. The quantitative estimate of drug-likeness (QED) is 0.818. The van der Waals surface area contributed by atoms with Crippen LogP contribution in [0.25, 0.3) is 0 Å². The number of nitrogens with zero attached hydrogens (tertiary/aromatic N) is 1. The van der Waals surface area contributed by atoms with Crippen LogP contribution in [-0.4, -0.2) is 42.9 Å². The highest BCUT2D eigenvalue weighted by molar-refractivity contribution is 5.28. The largest absolute Gasteiger partial charge is 0.386 e. The highest BCUT2D eigenvalue weighted by atomic mass is 16.5. The van der Waals surface area contributed by atoms with E-state index < -0.39 is 6.10 Å². The van der Waals surface area contributed by atoms with Crippen molar-refractivity contribution < 1.29 is 9.84 Å². The Morgan fingerprint density at radius 1 is 1.44 bits per heavy atom. The van der Waals surface area contributed by atoms with Crippen LogP contribution in [0.4, 0.5) is 0 Å². The number of aryl methyl sites for hydroxylation is 1. The van der Waals surface area contributed by atoms with E-state index in [0.717, 1.165) is 24.2 Å². The fraction of sp³-hybridized carbons (Fsp3) is 0.538. The topological polar surface area (TPSA) is 32.7 Å². The van der Waals surface area contributed by atoms with Gasteiger partial charge >= 0.3 is 0 Å². The minimum absolute atomic E-state index is 0.111. The van der Waals surface area contributed by atoms with Crippen molar-refractivity contribution in [3.63, 3.8) is 0 Å². The van der Waals surface area contributed by atoms with E-state index in [9.17, 15) is 5.11 Å². The van der Waals surface area contributed by atoms with Crippen LogP contribution in [0.15, 0.2) is 24.3 Å². The first-order chi connectivity index (χ1) is 7.68. The maximum atomic E-state index is 10.3. The van der Waals surface area contributed by atoms with Gasteiger partial charge in [-0.25, -0.2) is 0 Å². The van der Waals surface area contributed by atoms with E-state index in [4.69, 9.17) is 4.74 Å². The standard InChI is InChI=1S/C13H19NO2/c1-10-5-3-4-6-11(10)13(15)12-9-14(2)7-8-16-12/h3-6,12-13,15H,7-9H2,1-2H3. The van der Waals surface area contributed by atoms with Crippen LogP contribution in [0.3, 0.4) is 0 Å². The van der Waals surface area contributed by atoms with E-state index in [2.05, 4.69) is 11.9 Å². The van der Waals surface area contributed by atoms with Crippen molar-refractivity contribution in [1.29, 1.82) is 0 Å². The lowest BCUT2D eigenvalue weighted by molar-refractivity contribution is -0.0846. The first kappa shape index (κ1) is 11.6. The molecule has 0 amide bonds. The maximum Gasteiger partial charge on any atom is 0.107 e. The van der Waals surface area contributed by atoms with Crippen LogP contribution in [0.1, 0.15) is 17.2 Å². The number of ether oxygens (including phenoxy) is 1. The average molecular weight is 221 g/mol. The third-order valence-corrected chi connectivity index (χ3v) is 3.16.